The van der Waals surface area contributed by atoms with E-state index in [9.17, 15) is 9.18 Å². The van der Waals surface area contributed by atoms with Crippen LogP contribution in [0.4, 0.5) is 4.39 Å². The zero-order chi connectivity index (χ0) is 17.6. The molecule has 7 nitrogen and oxygen atoms in total. The number of hydrogen-bond acceptors (Lipinski definition) is 6. The lowest BCUT2D eigenvalue weighted by Crippen LogP contribution is -2.33. The number of nitrogen functional groups attached to an aromatic ring is 1. The third-order valence-corrected chi connectivity index (χ3v) is 4.87. The predicted octanol–water partition coefficient (Wildman–Crippen LogP) is 1.11. The van der Waals surface area contributed by atoms with Crippen molar-refractivity contribution in [2.24, 2.45) is 0 Å². The maximum atomic E-state index is 13.7. The molecule has 0 unspecified atom stereocenters. The summed E-state index contributed by atoms with van der Waals surface area (Å²) in [6.45, 7) is 1.28. The van der Waals surface area contributed by atoms with Gasteiger partial charge < -0.3 is 15.9 Å². The summed E-state index contributed by atoms with van der Waals surface area (Å²) in [5.74, 6) is 6.15. The molecular formula is C16H20FN5O2S. The van der Waals surface area contributed by atoms with Gasteiger partial charge in [0, 0.05) is 19.6 Å². The first kappa shape index (κ1) is 17.7. The van der Waals surface area contributed by atoms with Gasteiger partial charge in [-0.05, 0) is 24.5 Å². The van der Waals surface area contributed by atoms with Crippen LogP contribution in [0.2, 0.25) is 0 Å². The number of benzene rings is 1. The van der Waals surface area contributed by atoms with Crippen LogP contribution in [0.15, 0.2) is 29.4 Å². The zero-order valence-corrected chi connectivity index (χ0v) is 14.5. The van der Waals surface area contributed by atoms with Gasteiger partial charge in [0.2, 0.25) is 11.1 Å². The quantitative estimate of drug-likeness (QED) is 0.564. The first-order valence-corrected chi connectivity index (χ1v) is 9.06. The monoisotopic (exact) mass is 365 g/mol. The number of carbonyl (C=O) groups excluding carboxylic acids is 1. The lowest BCUT2D eigenvalue weighted by Gasteiger charge is -2.10. The number of hydrogen-bond donors (Lipinski definition) is 2. The Morgan fingerprint density at radius 2 is 2.28 bits per heavy atom. The average molecular weight is 365 g/mol. The van der Waals surface area contributed by atoms with Crippen LogP contribution in [-0.4, -0.2) is 45.8 Å². The van der Waals surface area contributed by atoms with Crippen molar-refractivity contribution in [3.8, 4) is 0 Å². The molecule has 0 aliphatic carbocycles. The summed E-state index contributed by atoms with van der Waals surface area (Å²) in [5.41, 5.74) is 0.493. The van der Waals surface area contributed by atoms with E-state index in [0.717, 1.165) is 19.4 Å². The van der Waals surface area contributed by atoms with Gasteiger partial charge in [0.15, 0.2) is 5.82 Å². The SMILES string of the molecule is Nn1c(Cc2ccccc2F)nnc1SCC(=O)NC[C@H]1CCCO1. The highest BCUT2D eigenvalue weighted by Gasteiger charge is 2.17. The largest absolute Gasteiger partial charge is 0.376 e. The van der Waals surface area contributed by atoms with Crippen LogP contribution < -0.4 is 11.2 Å². The Balaban J connectivity index is 1.51. The fourth-order valence-electron chi connectivity index (χ4n) is 2.55. The van der Waals surface area contributed by atoms with Gasteiger partial charge in [-0.3, -0.25) is 4.79 Å². The number of halogens is 1. The fourth-order valence-corrected chi connectivity index (χ4v) is 3.26. The van der Waals surface area contributed by atoms with Gasteiger partial charge in [0.05, 0.1) is 11.9 Å². The fraction of sp³-hybridized carbons (Fsp3) is 0.438. The number of nitrogens with two attached hydrogens (primary N) is 1. The van der Waals surface area contributed by atoms with Crippen LogP contribution in [-0.2, 0) is 16.0 Å². The van der Waals surface area contributed by atoms with Crippen molar-refractivity contribution in [2.75, 3.05) is 24.7 Å². The van der Waals surface area contributed by atoms with E-state index in [2.05, 4.69) is 15.5 Å². The summed E-state index contributed by atoms with van der Waals surface area (Å²) in [7, 11) is 0. The van der Waals surface area contributed by atoms with Crippen molar-refractivity contribution in [1.82, 2.24) is 20.2 Å². The smallest absolute Gasteiger partial charge is 0.230 e. The molecule has 1 saturated heterocycles. The van der Waals surface area contributed by atoms with E-state index >= 15 is 0 Å². The number of carbonyl (C=O) groups is 1. The van der Waals surface area contributed by atoms with Crippen LogP contribution in [0.1, 0.15) is 24.2 Å². The summed E-state index contributed by atoms with van der Waals surface area (Å²) in [4.78, 5) is 11.9. The summed E-state index contributed by atoms with van der Waals surface area (Å²) in [5, 5.41) is 11.2. The van der Waals surface area contributed by atoms with E-state index in [-0.39, 0.29) is 30.0 Å². The standard InChI is InChI=1S/C16H20FN5O2S/c17-13-6-2-1-4-11(13)8-14-20-21-16(22(14)18)25-10-15(23)19-9-12-5-3-7-24-12/h1-2,4,6,12H,3,5,7-10,18H2,(H,19,23)/t12-/m1/s1. The van der Waals surface area contributed by atoms with Crippen LogP contribution in [0, 0.1) is 5.82 Å². The highest BCUT2D eigenvalue weighted by atomic mass is 32.2. The topological polar surface area (TPSA) is 95.1 Å². The van der Waals surface area contributed by atoms with Crippen LogP contribution in [0.25, 0.3) is 0 Å². The molecule has 2 aromatic rings. The highest BCUT2D eigenvalue weighted by molar-refractivity contribution is 7.99. The van der Waals surface area contributed by atoms with Crippen molar-refractivity contribution in [3.63, 3.8) is 0 Å². The van der Waals surface area contributed by atoms with Crippen molar-refractivity contribution < 1.29 is 13.9 Å². The van der Waals surface area contributed by atoms with Gasteiger partial charge in [0.25, 0.3) is 0 Å². The summed E-state index contributed by atoms with van der Waals surface area (Å²) in [6, 6.07) is 6.45. The van der Waals surface area contributed by atoms with Gasteiger partial charge in [-0.1, -0.05) is 30.0 Å². The number of rotatable bonds is 7. The molecule has 9 heteroatoms. The molecule has 1 aliphatic heterocycles. The second-order valence-corrected chi connectivity index (χ2v) is 6.71. The molecule has 1 atom stereocenters. The van der Waals surface area contributed by atoms with Gasteiger partial charge in [-0.15, -0.1) is 10.2 Å². The first-order valence-electron chi connectivity index (χ1n) is 8.07. The Labute approximate surface area is 149 Å². The van der Waals surface area contributed by atoms with E-state index < -0.39 is 0 Å². The van der Waals surface area contributed by atoms with E-state index in [1.165, 1.54) is 22.5 Å². The second kappa shape index (κ2) is 8.30. The van der Waals surface area contributed by atoms with E-state index in [1.807, 2.05) is 0 Å². The van der Waals surface area contributed by atoms with Crippen molar-refractivity contribution in [3.05, 3.63) is 41.5 Å². The molecule has 2 heterocycles. The summed E-state index contributed by atoms with van der Waals surface area (Å²) >= 11 is 1.19. The molecule has 0 radical (unpaired) electrons. The molecule has 25 heavy (non-hydrogen) atoms. The average Bonchev–Trinajstić information content (AvgIpc) is 3.24. The van der Waals surface area contributed by atoms with Crippen LogP contribution in [0.3, 0.4) is 0 Å². The Bertz CT molecular complexity index is 733. The highest BCUT2D eigenvalue weighted by Crippen LogP contribution is 2.17. The van der Waals surface area contributed by atoms with Crippen molar-refractivity contribution >= 4 is 17.7 Å². The Kier molecular flexibility index (Phi) is 5.87. The number of aromatic nitrogens is 3. The third kappa shape index (κ3) is 4.70. The number of thioether (sulfide) groups is 1. The zero-order valence-electron chi connectivity index (χ0n) is 13.7. The molecule has 1 aromatic carbocycles. The van der Waals surface area contributed by atoms with Gasteiger partial charge in [-0.2, -0.15) is 0 Å². The molecule has 0 bridgehead atoms. The third-order valence-electron chi connectivity index (χ3n) is 3.92. The Hall–Kier alpha value is -2.13. The molecule has 1 fully saturated rings. The predicted molar refractivity (Wildman–Crippen MR) is 92.1 cm³/mol. The molecule has 1 aliphatic rings. The Morgan fingerprint density at radius 3 is 3.04 bits per heavy atom. The molecule has 1 aromatic heterocycles. The van der Waals surface area contributed by atoms with E-state index in [1.54, 1.807) is 18.2 Å². The molecule has 3 rings (SSSR count). The lowest BCUT2D eigenvalue weighted by molar-refractivity contribution is -0.119. The van der Waals surface area contributed by atoms with Gasteiger partial charge >= 0.3 is 0 Å². The second-order valence-electron chi connectivity index (χ2n) is 5.76. The Morgan fingerprint density at radius 1 is 1.44 bits per heavy atom. The van der Waals surface area contributed by atoms with Gasteiger partial charge in [0.1, 0.15) is 5.82 Å². The minimum Gasteiger partial charge on any atom is -0.376 e. The molecule has 134 valence electrons. The summed E-state index contributed by atoms with van der Waals surface area (Å²) in [6.07, 6.45) is 2.36. The molecule has 1 amide bonds. The van der Waals surface area contributed by atoms with Crippen LogP contribution >= 0.6 is 11.8 Å². The van der Waals surface area contributed by atoms with E-state index in [0.29, 0.717) is 23.1 Å². The number of amides is 1. The molecule has 3 N–H and O–H groups in total. The van der Waals surface area contributed by atoms with Crippen LogP contribution in [0.5, 0.6) is 0 Å². The van der Waals surface area contributed by atoms with Gasteiger partial charge in [-0.25, -0.2) is 9.07 Å². The minimum atomic E-state index is -0.312. The maximum absolute atomic E-state index is 13.7. The minimum absolute atomic E-state index is 0.111. The normalized spacial score (nSPS) is 16.9. The summed E-state index contributed by atoms with van der Waals surface area (Å²) < 4.78 is 20.5. The number of ether oxygens (including phenoxy) is 1. The van der Waals surface area contributed by atoms with Crippen molar-refractivity contribution in [2.45, 2.75) is 30.5 Å². The first-order chi connectivity index (χ1) is 12.1. The lowest BCUT2D eigenvalue weighted by atomic mass is 10.1. The maximum Gasteiger partial charge on any atom is 0.230 e. The molecular weight excluding hydrogens is 345 g/mol. The molecule has 0 saturated carbocycles. The molecule has 0 spiro atoms. The number of nitrogens with one attached hydrogen (secondary N) is 1. The van der Waals surface area contributed by atoms with E-state index in [4.69, 9.17) is 10.6 Å². The number of nitrogens with zero attached hydrogens (tertiary/aromatic N) is 3. The van der Waals surface area contributed by atoms with Crippen molar-refractivity contribution in [1.29, 1.82) is 0 Å².